The zero-order valence-electron chi connectivity index (χ0n) is 18.9. The van der Waals surface area contributed by atoms with E-state index in [-0.39, 0.29) is 6.17 Å². The number of anilines is 1. The molecule has 0 radical (unpaired) electrons. The van der Waals surface area contributed by atoms with E-state index in [0.717, 1.165) is 22.5 Å². The van der Waals surface area contributed by atoms with Crippen LogP contribution in [0.3, 0.4) is 0 Å². The molecule has 1 unspecified atom stereocenters. The van der Waals surface area contributed by atoms with Crippen molar-refractivity contribution in [2.45, 2.75) is 6.17 Å². The van der Waals surface area contributed by atoms with Crippen LogP contribution in [0.5, 0.6) is 0 Å². The normalized spacial score (nSPS) is 15.5. The Bertz CT molecular complexity index is 1930. The molecule has 3 nitrogen and oxygen atoms in total. The van der Waals surface area contributed by atoms with Gasteiger partial charge in [0.2, 0.25) is 0 Å². The molecule has 3 heteroatoms. The van der Waals surface area contributed by atoms with Gasteiger partial charge in [-0.05, 0) is 18.2 Å². The molecule has 7 aromatic rings. The monoisotopic (exact) mass is 447 g/mol. The summed E-state index contributed by atoms with van der Waals surface area (Å²) in [7, 11) is 0. The van der Waals surface area contributed by atoms with Crippen LogP contribution < -0.4 is 5.32 Å². The number of hydrogen-bond acceptors (Lipinski definition) is 2. The van der Waals surface area contributed by atoms with Gasteiger partial charge in [0, 0.05) is 43.9 Å². The van der Waals surface area contributed by atoms with Crippen molar-refractivity contribution in [2.75, 3.05) is 5.32 Å². The molecule has 1 aliphatic heterocycles. The molecule has 1 atom stereocenters. The van der Waals surface area contributed by atoms with E-state index in [4.69, 9.17) is 4.99 Å². The lowest BCUT2D eigenvalue weighted by atomic mass is 9.96. The van der Waals surface area contributed by atoms with Crippen molar-refractivity contribution in [2.24, 2.45) is 4.99 Å². The van der Waals surface area contributed by atoms with Gasteiger partial charge in [0.05, 0.1) is 22.3 Å². The third-order valence-corrected chi connectivity index (χ3v) is 7.36. The Kier molecular flexibility index (Phi) is 3.72. The fourth-order valence-electron chi connectivity index (χ4n) is 5.88. The summed E-state index contributed by atoms with van der Waals surface area (Å²) in [5.41, 5.74) is 9.40. The number of aromatic nitrogens is 1. The van der Waals surface area contributed by atoms with Gasteiger partial charge in [0.15, 0.2) is 0 Å². The third-order valence-electron chi connectivity index (χ3n) is 7.36. The summed E-state index contributed by atoms with van der Waals surface area (Å²) in [6.07, 6.45) is -0.183. The second kappa shape index (κ2) is 6.94. The molecule has 164 valence electrons. The number of hydrogen-bond donors (Lipinski definition) is 1. The minimum absolute atomic E-state index is 0.183. The van der Waals surface area contributed by atoms with Gasteiger partial charge in [-0.3, -0.25) is 4.99 Å². The van der Waals surface area contributed by atoms with E-state index in [0.29, 0.717) is 0 Å². The predicted molar refractivity (Wildman–Crippen MR) is 146 cm³/mol. The average Bonchev–Trinajstić information content (AvgIpc) is 3.45. The van der Waals surface area contributed by atoms with Crippen LogP contribution in [0.2, 0.25) is 0 Å². The van der Waals surface area contributed by atoms with E-state index < -0.39 is 0 Å². The van der Waals surface area contributed by atoms with E-state index in [1.807, 2.05) is 0 Å². The van der Waals surface area contributed by atoms with Crippen molar-refractivity contribution >= 4 is 49.5 Å². The topological polar surface area (TPSA) is 28.8 Å². The first-order valence-electron chi connectivity index (χ1n) is 12.0. The Labute approximate surface area is 202 Å². The smallest absolute Gasteiger partial charge is 0.146 e. The quantitative estimate of drug-likeness (QED) is 0.288. The summed E-state index contributed by atoms with van der Waals surface area (Å²) in [5.74, 6) is 0. The lowest BCUT2D eigenvalue weighted by Gasteiger charge is -2.27. The molecular formula is C32H21N3. The maximum absolute atomic E-state index is 5.33. The number of fused-ring (bicyclic) bond motifs is 7. The van der Waals surface area contributed by atoms with Crippen LogP contribution in [-0.2, 0) is 0 Å². The van der Waals surface area contributed by atoms with Gasteiger partial charge >= 0.3 is 0 Å². The molecule has 8 rings (SSSR count). The first-order valence-corrected chi connectivity index (χ1v) is 12.0. The Morgan fingerprint density at radius 3 is 2.14 bits per heavy atom. The summed E-state index contributed by atoms with van der Waals surface area (Å²) in [5, 5.41) is 8.88. The van der Waals surface area contributed by atoms with E-state index in [1.165, 1.54) is 43.7 Å². The Balaban J connectivity index is 1.46. The fourth-order valence-corrected chi connectivity index (χ4v) is 5.88. The van der Waals surface area contributed by atoms with Crippen molar-refractivity contribution in [3.63, 3.8) is 0 Å². The lowest BCUT2D eigenvalue weighted by molar-refractivity contribution is 0.837. The van der Waals surface area contributed by atoms with Gasteiger partial charge in [-0.1, -0.05) is 97.1 Å². The van der Waals surface area contributed by atoms with E-state index in [9.17, 15) is 0 Å². The highest BCUT2D eigenvalue weighted by atomic mass is 15.1. The van der Waals surface area contributed by atoms with Crippen LogP contribution in [0.4, 0.5) is 5.69 Å². The van der Waals surface area contributed by atoms with Crippen LogP contribution >= 0.6 is 0 Å². The van der Waals surface area contributed by atoms with Crippen molar-refractivity contribution in [1.82, 2.24) is 4.40 Å². The standard InChI is InChI=1S/C32H21N3/c1-2-10-20(11-3-1)30-23-13-4-7-15-26(23)33-32(34-30)25-19-18-22-21-12-5-8-16-27(21)35-28-17-9-6-14-24(28)29(25)31(22)35/h1-19,32-33H. The van der Waals surface area contributed by atoms with Gasteiger partial charge in [-0.15, -0.1) is 0 Å². The number of rotatable bonds is 2. The largest absolute Gasteiger partial charge is 0.359 e. The predicted octanol–water partition coefficient (Wildman–Crippen LogP) is 7.80. The molecule has 0 amide bonds. The molecule has 0 aliphatic carbocycles. The van der Waals surface area contributed by atoms with Crippen molar-refractivity contribution in [3.05, 3.63) is 132 Å². The minimum atomic E-state index is -0.183. The summed E-state index contributed by atoms with van der Waals surface area (Å²) >= 11 is 0. The average molecular weight is 448 g/mol. The molecule has 3 heterocycles. The molecular weight excluding hydrogens is 426 g/mol. The molecule has 1 N–H and O–H groups in total. The Morgan fingerprint density at radius 1 is 0.600 bits per heavy atom. The Hall–Kier alpha value is -4.63. The molecule has 2 aromatic heterocycles. The molecule has 0 bridgehead atoms. The second-order valence-electron chi connectivity index (χ2n) is 9.23. The third kappa shape index (κ3) is 2.52. The van der Waals surface area contributed by atoms with Gasteiger partial charge < -0.3 is 9.72 Å². The van der Waals surface area contributed by atoms with Gasteiger partial charge in [0.25, 0.3) is 0 Å². The SMILES string of the molecule is c1ccc(C2=NC(c3ccc4c5ccccc5n5c6ccccc6c3c45)Nc3ccccc32)cc1. The maximum Gasteiger partial charge on any atom is 0.146 e. The summed E-state index contributed by atoms with van der Waals surface area (Å²) < 4.78 is 2.43. The van der Waals surface area contributed by atoms with Gasteiger partial charge in [0.1, 0.15) is 6.17 Å². The molecule has 1 aliphatic rings. The zero-order chi connectivity index (χ0) is 22.9. The van der Waals surface area contributed by atoms with Crippen molar-refractivity contribution < 1.29 is 0 Å². The highest BCUT2D eigenvalue weighted by Gasteiger charge is 2.27. The molecule has 35 heavy (non-hydrogen) atoms. The van der Waals surface area contributed by atoms with Crippen LogP contribution in [0, 0.1) is 0 Å². The highest BCUT2D eigenvalue weighted by Crippen LogP contribution is 2.43. The minimum Gasteiger partial charge on any atom is -0.359 e. The molecule has 0 saturated carbocycles. The maximum atomic E-state index is 5.33. The summed E-state index contributed by atoms with van der Waals surface area (Å²) in [4.78, 5) is 5.33. The Morgan fingerprint density at radius 2 is 1.29 bits per heavy atom. The number of benzene rings is 5. The number of nitrogens with one attached hydrogen (secondary N) is 1. The first kappa shape index (κ1) is 18.8. The fraction of sp³-hybridized carbons (Fsp3) is 0.0312. The number of aliphatic imine (C=N–C) groups is 1. The van der Waals surface area contributed by atoms with E-state index in [1.54, 1.807) is 0 Å². The molecule has 0 saturated heterocycles. The second-order valence-corrected chi connectivity index (χ2v) is 9.23. The summed E-state index contributed by atoms with van der Waals surface area (Å²) in [6, 6.07) is 41.0. The molecule has 0 fully saturated rings. The molecule has 5 aromatic carbocycles. The van der Waals surface area contributed by atoms with E-state index in [2.05, 4.69) is 125 Å². The van der Waals surface area contributed by atoms with Crippen molar-refractivity contribution in [3.8, 4) is 0 Å². The van der Waals surface area contributed by atoms with Crippen LogP contribution in [0.1, 0.15) is 22.9 Å². The number of nitrogens with zero attached hydrogens (tertiary/aromatic N) is 2. The van der Waals surface area contributed by atoms with Gasteiger partial charge in [-0.25, -0.2) is 0 Å². The number of para-hydroxylation sites is 3. The first-order chi connectivity index (χ1) is 17.4. The van der Waals surface area contributed by atoms with Crippen LogP contribution in [0.15, 0.2) is 120 Å². The lowest BCUT2D eigenvalue weighted by Crippen LogP contribution is -2.20. The molecule has 0 spiro atoms. The highest BCUT2D eigenvalue weighted by molar-refractivity contribution is 6.24. The van der Waals surface area contributed by atoms with Gasteiger partial charge in [-0.2, -0.15) is 0 Å². The van der Waals surface area contributed by atoms with Crippen LogP contribution in [0.25, 0.3) is 38.1 Å². The zero-order valence-corrected chi connectivity index (χ0v) is 18.9. The summed E-state index contributed by atoms with van der Waals surface area (Å²) in [6.45, 7) is 0. The van der Waals surface area contributed by atoms with Crippen LogP contribution in [-0.4, -0.2) is 10.1 Å². The van der Waals surface area contributed by atoms with E-state index >= 15 is 0 Å². The van der Waals surface area contributed by atoms with Crippen molar-refractivity contribution in [1.29, 1.82) is 0 Å².